The Morgan fingerprint density at radius 1 is 1.19 bits per heavy atom. The van der Waals surface area contributed by atoms with Crippen molar-refractivity contribution in [2.75, 3.05) is 19.0 Å². The number of fused-ring (bicyclic) bond motifs is 1. The van der Waals surface area contributed by atoms with Crippen LogP contribution in [-0.2, 0) is 0 Å². The lowest BCUT2D eigenvalue weighted by Gasteiger charge is -2.28. The molecule has 0 amide bonds. The Morgan fingerprint density at radius 2 is 2.05 bits per heavy atom. The summed E-state index contributed by atoms with van der Waals surface area (Å²) >= 11 is 12.2. The SMILES string of the molecule is COc1ccc2c(c1)C(Nc1ccc(Cl)cc1Cl)CCO2. The molecule has 21 heavy (non-hydrogen) atoms. The molecule has 2 aromatic rings. The molecule has 1 aliphatic heterocycles. The van der Waals surface area contributed by atoms with Crippen molar-refractivity contribution in [2.45, 2.75) is 12.5 Å². The fourth-order valence-corrected chi connectivity index (χ4v) is 2.91. The number of benzene rings is 2. The molecule has 1 aliphatic rings. The Bertz CT molecular complexity index is 661. The maximum Gasteiger partial charge on any atom is 0.124 e. The summed E-state index contributed by atoms with van der Waals surface area (Å²) in [7, 11) is 1.66. The first kappa shape index (κ1) is 14.4. The van der Waals surface area contributed by atoms with E-state index in [0.717, 1.165) is 29.2 Å². The van der Waals surface area contributed by atoms with Gasteiger partial charge in [-0.2, -0.15) is 0 Å². The summed E-state index contributed by atoms with van der Waals surface area (Å²) in [6.07, 6.45) is 0.860. The zero-order valence-electron chi connectivity index (χ0n) is 11.5. The molecule has 1 N–H and O–H groups in total. The fourth-order valence-electron chi connectivity index (χ4n) is 2.44. The smallest absolute Gasteiger partial charge is 0.124 e. The third-order valence-electron chi connectivity index (χ3n) is 3.52. The highest BCUT2D eigenvalue weighted by atomic mass is 35.5. The highest BCUT2D eigenvalue weighted by molar-refractivity contribution is 6.36. The van der Waals surface area contributed by atoms with Crippen LogP contribution < -0.4 is 14.8 Å². The molecule has 0 aromatic heterocycles. The largest absolute Gasteiger partial charge is 0.497 e. The summed E-state index contributed by atoms with van der Waals surface area (Å²) in [6.45, 7) is 0.669. The van der Waals surface area contributed by atoms with E-state index in [4.69, 9.17) is 32.7 Å². The minimum atomic E-state index is 0.127. The molecule has 3 nitrogen and oxygen atoms in total. The van der Waals surface area contributed by atoms with Crippen LogP contribution >= 0.6 is 23.2 Å². The number of rotatable bonds is 3. The van der Waals surface area contributed by atoms with Gasteiger partial charge < -0.3 is 14.8 Å². The zero-order valence-corrected chi connectivity index (χ0v) is 13.0. The van der Waals surface area contributed by atoms with Gasteiger partial charge in [0.25, 0.3) is 0 Å². The maximum atomic E-state index is 6.23. The van der Waals surface area contributed by atoms with Gasteiger partial charge in [-0.1, -0.05) is 23.2 Å². The summed E-state index contributed by atoms with van der Waals surface area (Å²) in [5.74, 6) is 1.69. The van der Waals surface area contributed by atoms with Crippen molar-refractivity contribution in [3.05, 3.63) is 52.0 Å². The van der Waals surface area contributed by atoms with Crippen molar-refractivity contribution >= 4 is 28.9 Å². The number of anilines is 1. The molecule has 0 saturated carbocycles. The molecular formula is C16H15Cl2NO2. The molecule has 2 aromatic carbocycles. The lowest BCUT2D eigenvalue weighted by molar-refractivity contribution is 0.273. The van der Waals surface area contributed by atoms with Crippen LogP contribution in [0.25, 0.3) is 0 Å². The van der Waals surface area contributed by atoms with Crippen molar-refractivity contribution in [3.8, 4) is 11.5 Å². The maximum absolute atomic E-state index is 6.23. The van der Waals surface area contributed by atoms with E-state index in [-0.39, 0.29) is 6.04 Å². The molecule has 0 bridgehead atoms. The molecule has 0 saturated heterocycles. The Morgan fingerprint density at radius 3 is 2.81 bits per heavy atom. The summed E-state index contributed by atoms with van der Waals surface area (Å²) < 4.78 is 11.0. The number of ether oxygens (including phenoxy) is 2. The molecule has 3 rings (SSSR count). The second-order valence-corrected chi connectivity index (χ2v) is 5.71. The third-order valence-corrected chi connectivity index (χ3v) is 4.07. The number of nitrogens with one attached hydrogen (secondary N) is 1. The van der Waals surface area contributed by atoms with Crippen molar-refractivity contribution < 1.29 is 9.47 Å². The Balaban J connectivity index is 1.90. The highest BCUT2D eigenvalue weighted by Crippen LogP contribution is 2.38. The van der Waals surface area contributed by atoms with E-state index < -0.39 is 0 Å². The second-order valence-electron chi connectivity index (χ2n) is 4.86. The molecule has 0 radical (unpaired) electrons. The van der Waals surface area contributed by atoms with Gasteiger partial charge in [-0.25, -0.2) is 0 Å². The quantitative estimate of drug-likeness (QED) is 0.868. The first-order valence-electron chi connectivity index (χ1n) is 6.69. The summed E-state index contributed by atoms with van der Waals surface area (Å²) in [6, 6.07) is 11.4. The first-order valence-corrected chi connectivity index (χ1v) is 7.45. The van der Waals surface area contributed by atoms with Crippen LogP contribution in [0.2, 0.25) is 10.0 Å². The van der Waals surface area contributed by atoms with E-state index in [1.165, 1.54) is 0 Å². The second kappa shape index (κ2) is 6.04. The van der Waals surface area contributed by atoms with Crippen LogP contribution in [-0.4, -0.2) is 13.7 Å². The van der Waals surface area contributed by atoms with Crippen LogP contribution in [0, 0.1) is 0 Å². The minimum Gasteiger partial charge on any atom is -0.497 e. The fraction of sp³-hybridized carbons (Fsp3) is 0.250. The minimum absolute atomic E-state index is 0.127. The standard InChI is InChI=1S/C16H15Cl2NO2/c1-20-11-3-5-16-12(9-11)14(6-7-21-16)19-15-4-2-10(17)8-13(15)18/h2-5,8-9,14,19H,6-7H2,1H3. The molecule has 0 spiro atoms. The van der Waals surface area contributed by atoms with Crippen LogP contribution in [0.15, 0.2) is 36.4 Å². The molecule has 1 atom stereocenters. The van der Waals surface area contributed by atoms with Crippen molar-refractivity contribution in [1.29, 1.82) is 0 Å². The number of methoxy groups -OCH3 is 1. The topological polar surface area (TPSA) is 30.5 Å². The first-order chi connectivity index (χ1) is 10.2. The van der Waals surface area contributed by atoms with Crippen LogP contribution in [0.4, 0.5) is 5.69 Å². The highest BCUT2D eigenvalue weighted by Gasteiger charge is 2.22. The molecule has 1 unspecified atom stereocenters. The van der Waals surface area contributed by atoms with Gasteiger partial charge in [-0.15, -0.1) is 0 Å². The average molecular weight is 324 g/mol. The van der Waals surface area contributed by atoms with Gasteiger partial charge >= 0.3 is 0 Å². The van der Waals surface area contributed by atoms with Gasteiger partial charge in [0.2, 0.25) is 0 Å². The van der Waals surface area contributed by atoms with Gasteiger partial charge in [0.1, 0.15) is 11.5 Å². The van der Waals surface area contributed by atoms with Crippen LogP contribution in [0.3, 0.4) is 0 Å². The molecule has 1 heterocycles. The van der Waals surface area contributed by atoms with Crippen molar-refractivity contribution in [1.82, 2.24) is 0 Å². The average Bonchev–Trinajstić information content (AvgIpc) is 2.50. The lowest BCUT2D eigenvalue weighted by atomic mass is 10.00. The van der Waals surface area contributed by atoms with E-state index in [1.54, 1.807) is 13.2 Å². The monoisotopic (exact) mass is 323 g/mol. The summed E-state index contributed by atoms with van der Waals surface area (Å²) in [4.78, 5) is 0. The predicted octanol–water partition coefficient (Wildman–Crippen LogP) is 4.94. The van der Waals surface area contributed by atoms with Gasteiger partial charge in [-0.05, 0) is 36.4 Å². The van der Waals surface area contributed by atoms with E-state index in [1.807, 2.05) is 30.3 Å². The zero-order chi connectivity index (χ0) is 14.8. The van der Waals surface area contributed by atoms with Gasteiger partial charge in [-0.3, -0.25) is 0 Å². The van der Waals surface area contributed by atoms with Gasteiger partial charge in [0.15, 0.2) is 0 Å². The number of hydrogen-bond acceptors (Lipinski definition) is 3. The Labute approximate surface area is 133 Å². The Kier molecular flexibility index (Phi) is 4.13. The molecule has 110 valence electrons. The lowest BCUT2D eigenvalue weighted by Crippen LogP contribution is -2.20. The van der Waals surface area contributed by atoms with Crippen LogP contribution in [0.5, 0.6) is 11.5 Å². The van der Waals surface area contributed by atoms with Gasteiger partial charge in [0, 0.05) is 17.0 Å². The normalized spacial score (nSPS) is 16.8. The molecule has 0 aliphatic carbocycles. The number of hydrogen-bond donors (Lipinski definition) is 1. The van der Waals surface area contributed by atoms with Crippen LogP contribution in [0.1, 0.15) is 18.0 Å². The number of halogens is 2. The van der Waals surface area contributed by atoms with E-state index in [2.05, 4.69) is 5.32 Å². The molecular weight excluding hydrogens is 309 g/mol. The molecule has 5 heteroatoms. The van der Waals surface area contributed by atoms with E-state index in [0.29, 0.717) is 16.7 Å². The van der Waals surface area contributed by atoms with Crippen molar-refractivity contribution in [2.24, 2.45) is 0 Å². The predicted molar refractivity (Wildman–Crippen MR) is 85.9 cm³/mol. The van der Waals surface area contributed by atoms with E-state index in [9.17, 15) is 0 Å². The summed E-state index contributed by atoms with van der Waals surface area (Å²) in [5.41, 5.74) is 1.94. The van der Waals surface area contributed by atoms with Crippen molar-refractivity contribution in [3.63, 3.8) is 0 Å². The summed E-state index contributed by atoms with van der Waals surface area (Å²) in [5, 5.41) is 4.69. The van der Waals surface area contributed by atoms with Gasteiger partial charge in [0.05, 0.1) is 30.5 Å². The third kappa shape index (κ3) is 3.04. The Hall–Kier alpha value is -1.58. The molecule has 0 fully saturated rings. The van der Waals surface area contributed by atoms with E-state index >= 15 is 0 Å².